The largest absolute Gasteiger partial charge is 0.319 e. The van der Waals surface area contributed by atoms with Crippen molar-refractivity contribution in [2.75, 3.05) is 0 Å². The van der Waals surface area contributed by atoms with Crippen molar-refractivity contribution in [2.45, 2.75) is 25.3 Å². The zero-order chi connectivity index (χ0) is 14.8. The zero-order valence-corrected chi connectivity index (χ0v) is 11.5. The van der Waals surface area contributed by atoms with Gasteiger partial charge in [-0.15, -0.1) is 0 Å². The number of hydrogen-bond donors (Lipinski definition) is 1. The lowest BCUT2D eigenvalue weighted by Gasteiger charge is -2.07. The minimum atomic E-state index is -0.322. The summed E-state index contributed by atoms with van der Waals surface area (Å²) in [6.45, 7) is 0. The summed E-state index contributed by atoms with van der Waals surface area (Å²) >= 11 is 0. The molecule has 2 aliphatic rings. The van der Waals surface area contributed by atoms with Crippen LogP contribution in [0.4, 0.5) is 0 Å². The molecule has 1 aromatic carbocycles. The zero-order valence-electron chi connectivity index (χ0n) is 11.5. The third kappa shape index (κ3) is 2.16. The van der Waals surface area contributed by atoms with Crippen molar-refractivity contribution in [1.82, 2.24) is 0 Å². The highest BCUT2D eigenvalue weighted by molar-refractivity contribution is 6.14. The molecule has 0 saturated heterocycles. The molecule has 1 unspecified atom stereocenters. The molecule has 3 rings (SSSR count). The number of rotatable bonds is 0. The maximum atomic E-state index is 9.29. The van der Waals surface area contributed by atoms with Gasteiger partial charge in [-0.3, -0.25) is 0 Å². The molecule has 1 aliphatic carbocycles. The number of hydrogen-bond acceptors (Lipinski definition) is 4. The summed E-state index contributed by atoms with van der Waals surface area (Å²) < 4.78 is 0. The molecule has 0 amide bonds. The van der Waals surface area contributed by atoms with E-state index in [2.05, 4.69) is 17.1 Å². The van der Waals surface area contributed by atoms with E-state index in [1.165, 1.54) is 0 Å². The predicted molar refractivity (Wildman–Crippen MR) is 80.9 cm³/mol. The lowest BCUT2D eigenvalue weighted by atomic mass is 10.0. The summed E-state index contributed by atoms with van der Waals surface area (Å²) in [5.41, 5.74) is 10.8. The Labute approximate surface area is 123 Å². The van der Waals surface area contributed by atoms with E-state index in [4.69, 9.17) is 5.73 Å². The summed E-state index contributed by atoms with van der Waals surface area (Å²) in [5, 5.41) is 18.5. The SMILES string of the molecule is N#CC1=NC2=C(CCC/C=C\1C#N)c1ccccc1C2N. The Kier molecular flexibility index (Phi) is 3.39. The van der Waals surface area contributed by atoms with Crippen LogP contribution in [0.1, 0.15) is 36.4 Å². The molecule has 2 N–H and O–H groups in total. The van der Waals surface area contributed by atoms with Crippen LogP contribution in [0.5, 0.6) is 0 Å². The number of allylic oxidation sites excluding steroid dienone is 3. The fourth-order valence-electron chi connectivity index (χ4n) is 2.90. The molecule has 4 nitrogen and oxygen atoms in total. The van der Waals surface area contributed by atoms with E-state index >= 15 is 0 Å². The van der Waals surface area contributed by atoms with Crippen molar-refractivity contribution in [3.05, 3.63) is 52.7 Å². The summed E-state index contributed by atoms with van der Waals surface area (Å²) in [6.07, 6.45) is 4.33. The lowest BCUT2D eigenvalue weighted by Crippen LogP contribution is -2.11. The van der Waals surface area contributed by atoms with E-state index in [0.717, 1.165) is 41.7 Å². The van der Waals surface area contributed by atoms with Gasteiger partial charge in [-0.05, 0) is 36.0 Å². The van der Waals surface area contributed by atoms with E-state index < -0.39 is 0 Å². The molecule has 1 aliphatic heterocycles. The molecular weight excluding hydrogens is 260 g/mol. The van der Waals surface area contributed by atoms with Crippen molar-refractivity contribution in [3.8, 4) is 12.1 Å². The van der Waals surface area contributed by atoms with Crippen LogP contribution in [0, 0.1) is 22.7 Å². The lowest BCUT2D eigenvalue weighted by molar-refractivity contribution is 0.845. The van der Waals surface area contributed by atoms with E-state index in [1.54, 1.807) is 6.08 Å². The third-order valence-electron chi connectivity index (χ3n) is 3.92. The highest BCUT2D eigenvalue weighted by Gasteiger charge is 2.29. The standard InChI is InChI=1S/C17H14N4/c18-9-11-5-1-2-8-14-12-6-3-4-7-13(12)16(20)17(14)21-15(11)10-19/h3-7,16H,1-2,8,20H2/b11-5-,21-15?. The van der Waals surface area contributed by atoms with E-state index in [-0.39, 0.29) is 11.8 Å². The molecule has 0 spiro atoms. The second-order valence-electron chi connectivity index (χ2n) is 5.12. The summed E-state index contributed by atoms with van der Waals surface area (Å²) in [5.74, 6) is 0. The van der Waals surface area contributed by atoms with Crippen LogP contribution >= 0.6 is 0 Å². The van der Waals surface area contributed by atoms with E-state index in [9.17, 15) is 10.5 Å². The number of fused-ring (bicyclic) bond motifs is 2. The molecule has 0 radical (unpaired) electrons. The van der Waals surface area contributed by atoms with Gasteiger partial charge in [0.1, 0.15) is 12.1 Å². The van der Waals surface area contributed by atoms with E-state index in [1.807, 2.05) is 24.3 Å². The number of nitriles is 2. The molecule has 1 heterocycles. The minimum Gasteiger partial charge on any atom is -0.319 e. The summed E-state index contributed by atoms with van der Waals surface area (Å²) in [6, 6.07) is 11.8. The van der Waals surface area contributed by atoms with Crippen LogP contribution in [0.15, 0.2) is 46.6 Å². The third-order valence-corrected chi connectivity index (χ3v) is 3.92. The van der Waals surface area contributed by atoms with Crippen molar-refractivity contribution < 1.29 is 0 Å². The Hall–Kier alpha value is -2.69. The number of nitrogens with two attached hydrogens (primary N) is 1. The first kappa shape index (κ1) is 13.3. The Bertz CT molecular complexity index is 769. The number of aliphatic imine (C=N–C) groups is 1. The number of nitrogens with zero attached hydrogens (tertiary/aromatic N) is 3. The Morgan fingerprint density at radius 1 is 1.19 bits per heavy atom. The second-order valence-corrected chi connectivity index (χ2v) is 5.12. The minimum absolute atomic E-state index is 0.162. The van der Waals surface area contributed by atoms with E-state index in [0.29, 0.717) is 5.57 Å². The molecule has 0 fully saturated rings. The van der Waals surface area contributed by atoms with Gasteiger partial charge < -0.3 is 5.73 Å². The van der Waals surface area contributed by atoms with Crippen LogP contribution in [-0.4, -0.2) is 5.71 Å². The van der Waals surface area contributed by atoms with Gasteiger partial charge in [0.15, 0.2) is 5.71 Å². The quantitative estimate of drug-likeness (QED) is 0.789. The van der Waals surface area contributed by atoms with Gasteiger partial charge in [0.2, 0.25) is 0 Å². The molecular formula is C17H14N4. The maximum absolute atomic E-state index is 9.29. The summed E-state index contributed by atoms with van der Waals surface area (Å²) in [4.78, 5) is 4.44. The normalized spacial score (nSPS) is 23.3. The molecule has 21 heavy (non-hydrogen) atoms. The van der Waals surface area contributed by atoms with Crippen molar-refractivity contribution >= 4 is 11.3 Å². The van der Waals surface area contributed by atoms with Gasteiger partial charge in [0.05, 0.1) is 17.3 Å². The highest BCUT2D eigenvalue weighted by atomic mass is 14.9. The van der Waals surface area contributed by atoms with Crippen LogP contribution in [0.2, 0.25) is 0 Å². The fourth-order valence-corrected chi connectivity index (χ4v) is 2.90. The Balaban J connectivity index is 2.19. The average molecular weight is 274 g/mol. The van der Waals surface area contributed by atoms with Crippen LogP contribution < -0.4 is 5.73 Å². The predicted octanol–water partition coefficient (Wildman–Crippen LogP) is 3.01. The monoisotopic (exact) mass is 274 g/mol. The molecule has 0 saturated carbocycles. The first-order valence-electron chi connectivity index (χ1n) is 6.93. The van der Waals surface area contributed by atoms with Gasteiger partial charge in [0, 0.05) is 0 Å². The smallest absolute Gasteiger partial charge is 0.158 e. The van der Waals surface area contributed by atoms with Gasteiger partial charge in [-0.2, -0.15) is 10.5 Å². The van der Waals surface area contributed by atoms with Crippen LogP contribution in [0.3, 0.4) is 0 Å². The van der Waals surface area contributed by atoms with Crippen molar-refractivity contribution in [3.63, 3.8) is 0 Å². The van der Waals surface area contributed by atoms with Gasteiger partial charge >= 0.3 is 0 Å². The van der Waals surface area contributed by atoms with Crippen LogP contribution in [0.25, 0.3) is 5.57 Å². The molecule has 0 aromatic heterocycles. The molecule has 4 heteroatoms. The topological polar surface area (TPSA) is 86.0 Å². The number of benzene rings is 1. The first-order chi connectivity index (χ1) is 10.3. The van der Waals surface area contributed by atoms with Gasteiger partial charge in [0.25, 0.3) is 0 Å². The van der Waals surface area contributed by atoms with Gasteiger partial charge in [-0.25, -0.2) is 4.99 Å². The maximum Gasteiger partial charge on any atom is 0.158 e. The van der Waals surface area contributed by atoms with Crippen molar-refractivity contribution in [1.29, 1.82) is 10.5 Å². The van der Waals surface area contributed by atoms with Gasteiger partial charge in [-0.1, -0.05) is 30.3 Å². The molecule has 0 bridgehead atoms. The molecule has 1 atom stereocenters. The first-order valence-corrected chi connectivity index (χ1v) is 6.93. The second kappa shape index (κ2) is 5.36. The summed E-state index contributed by atoms with van der Waals surface area (Å²) in [7, 11) is 0. The van der Waals surface area contributed by atoms with Crippen molar-refractivity contribution in [2.24, 2.45) is 10.7 Å². The Morgan fingerprint density at radius 2 is 2.00 bits per heavy atom. The molecule has 1 aromatic rings. The Morgan fingerprint density at radius 3 is 2.76 bits per heavy atom. The molecule has 102 valence electrons. The fraction of sp³-hybridized carbons (Fsp3) is 0.235. The van der Waals surface area contributed by atoms with Crippen LogP contribution in [-0.2, 0) is 0 Å². The average Bonchev–Trinajstić information content (AvgIpc) is 2.83. The highest BCUT2D eigenvalue weighted by Crippen LogP contribution is 2.42.